The van der Waals surface area contributed by atoms with Gasteiger partial charge in [-0.15, -0.1) is 21.5 Å². The van der Waals surface area contributed by atoms with Gasteiger partial charge in [0.2, 0.25) is 5.82 Å². The van der Waals surface area contributed by atoms with E-state index in [1.165, 1.54) is 11.4 Å². The predicted octanol–water partition coefficient (Wildman–Crippen LogP) is 1.32. The summed E-state index contributed by atoms with van der Waals surface area (Å²) < 4.78 is 2.06. The van der Waals surface area contributed by atoms with E-state index in [-0.39, 0.29) is 5.91 Å². The zero-order chi connectivity index (χ0) is 16.8. The standard InChI is InChI=1S/C17H22N6OS/c24-17(19-13-2-1-3-13)16-21-20-14-6-11-7-22(8-12(11)9-23(14)16)10-15-18-4-5-25-15/h4-5,11-13H,1-3,6-10H2,(H,19,24)/t11-,12-/m1/s1. The van der Waals surface area contributed by atoms with Crippen molar-refractivity contribution in [3.05, 3.63) is 28.2 Å². The monoisotopic (exact) mass is 358 g/mol. The van der Waals surface area contributed by atoms with Gasteiger partial charge < -0.3 is 9.88 Å². The van der Waals surface area contributed by atoms with Crippen molar-refractivity contribution in [2.45, 2.75) is 44.8 Å². The molecule has 1 saturated heterocycles. The molecule has 2 aromatic heterocycles. The number of nitrogens with one attached hydrogen (secondary N) is 1. The predicted molar refractivity (Wildman–Crippen MR) is 93.2 cm³/mol. The SMILES string of the molecule is O=C(NC1CCC1)c1nnc2n1C[C@H]1CN(Cc3nccs3)C[C@H]1C2. The molecule has 0 unspecified atom stereocenters. The van der Waals surface area contributed by atoms with E-state index in [9.17, 15) is 4.79 Å². The molecule has 1 aliphatic carbocycles. The fraction of sp³-hybridized carbons (Fsp3) is 0.647. The van der Waals surface area contributed by atoms with Crippen LogP contribution in [0, 0.1) is 11.8 Å². The van der Waals surface area contributed by atoms with Gasteiger partial charge in [0.25, 0.3) is 5.91 Å². The van der Waals surface area contributed by atoms with Crippen molar-refractivity contribution in [2.75, 3.05) is 13.1 Å². The minimum Gasteiger partial charge on any atom is -0.347 e. The summed E-state index contributed by atoms with van der Waals surface area (Å²) in [5.74, 6) is 2.59. The Kier molecular flexibility index (Phi) is 3.82. The Balaban J connectivity index is 1.28. The first-order valence-electron chi connectivity index (χ1n) is 9.10. The molecule has 3 aliphatic rings. The van der Waals surface area contributed by atoms with Crippen LogP contribution in [0.4, 0.5) is 0 Å². The molecule has 5 rings (SSSR count). The molecule has 8 heteroatoms. The summed E-state index contributed by atoms with van der Waals surface area (Å²) in [6.45, 7) is 3.93. The van der Waals surface area contributed by atoms with Crippen LogP contribution in [-0.2, 0) is 19.5 Å². The van der Waals surface area contributed by atoms with Gasteiger partial charge in [0.15, 0.2) is 0 Å². The van der Waals surface area contributed by atoms with Gasteiger partial charge in [0.1, 0.15) is 10.8 Å². The maximum atomic E-state index is 12.5. The largest absolute Gasteiger partial charge is 0.347 e. The Morgan fingerprint density at radius 2 is 2.12 bits per heavy atom. The highest BCUT2D eigenvalue weighted by Gasteiger charge is 2.39. The molecule has 2 fully saturated rings. The van der Waals surface area contributed by atoms with Gasteiger partial charge in [-0.2, -0.15) is 0 Å². The van der Waals surface area contributed by atoms with Crippen LogP contribution in [0.1, 0.15) is 40.7 Å². The average molecular weight is 358 g/mol. The van der Waals surface area contributed by atoms with Gasteiger partial charge in [0, 0.05) is 43.7 Å². The van der Waals surface area contributed by atoms with E-state index in [0.29, 0.717) is 23.7 Å². The topological polar surface area (TPSA) is 75.9 Å². The van der Waals surface area contributed by atoms with Crippen molar-refractivity contribution in [1.82, 2.24) is 30.0 Å². The molecule has 1 saturated carbocycles. The lowest BCUT2D eigenvalue weighted by atomic mass is 9.89. The van der Waals surface area contributed by atoms with Crippen LogP contribution in [0.2, 0.25) is 0 Å². The molecule has 0 radical (unpaired) electrons. The van der Waals surface area contributed by atoms with E-state index in [0.717, 1.165) is 51.3 Å². The minimum absolute atomic E-state index is 0.0560. The first kappa shape index (κ1) is 15.5. The fourth-order valence-corrected chi connectivity index (χ4v) is 4.90. The van der Waals surface area contributed by atoms with Crippen LogP contribution in [0.5, 0.6) is 0 Å². The summed E-state index contributed by atoms with van der Waals surface area (Å²) >= 11 is 1.72. The highest BCUT2D eigenvalue weighted by Crippen LogP contribution is 2.33. The number of thiazole rings is 1. The van der Waals surface area contributed by atoms with Crippen molar-refractivity contribution in [1.29, 1.82) is 0 Å². The molecular weight excluding hydrogens is 336 g/mol. The van der Waals surface area contributed by atoms with Gasteiger partial charge >= 0.3 is 0 Å². The number of fused-ring (bicyclic) bond motifs is 2. The summed E-state index contributed by atoms with van der Waals surface area (Å²) in [5.41, 5.74) is 0. The number of nitrogens with zero attached hydrogens (tertiary/aromatic N) is 5. The molecule has 0 bridgehead atoms. The van der Waals surface area contributed by atoms with E-state index in [1.54, 1.807) is 11.3 Å². The lowest BCUT2D eigenvalue weighted by molar-refractivity contribution is 0.0898. The Bertz CT molecular complexity index is 768. The summed E-state index contributed by atoms with van der Waals surface area (Å²) in [6, 6.07) is 0.331. The Hall–Kier alpha value is -1.80. The molecule has 2 aliphatic heterocycles. The van der Waals surface area contributed by atoms with Gasteiger partial charge in [-0.1, -0.05) is 0 Å². The average Bonchev–Trinajstić information content (AvgIpc) is 3.27. The van der Waals surface area contributed by atoms with Gasteiger partial charge in [0.05, 0.1) is 6.54 Å². The number of rotatable bonds is 4. The van der Waals surface area contributed by atoms with E-state index in [1.807, 2.05) is 11.6 Å². The van der Waals surface area contributed by atoms with Crippen LogP contribution in [-0.4, -0.2) is 49.7 Å². The van der Waals surface area contributed by atoms with Crippen molar-refractivity contribution >= 4 is 17.2 Å². The molecule has 4 heterocycles. The normalized spacial score (nSPS) is 26.1. The molecular formula is C17H22N6OS. The van der Waals surface area contributed by atoms with Gasteiger partial charge in [-0.05, 0) is 31.1 Å². The number of amides is 1. The third kappa shape index (κ3) is 2.87. The molecule has 1 N–H and O–H groups in total. The smallest absolute Gasteiger partial charge is 0.289 e. The van der Waals surface area contributed by atoms with Crippen molar-refractivity contribution < 1.29 is 4.79 Å². The first-order valence-corrected chi connectivity index (χ1v) is 9.98. The van der Waals surface area contributed by atoms with E-state index >= 15 is 0 Å². The van der Waals surface area contributed by atoms with Crippen molar-refractivity contribution in [2.24, 2.45) is 11.8 Å². The molecule has 7 nitrogen and oxygen atoms in total. The van der Waals surface area contributed by atoms with Crippen LogP contribution in [0.3, 0.4) is 0 Å². The number of hydrogen-bond donors (Lipinski definition) is 1. The minimum atomic E-state index is -0.0560. The lowest BCUT2D eigenvalue weighted by Gasteiger charge is -2.28. The van der Waals surface area contributed by atoms with Gasteiger partial charge in [-0.3, -0.25) is 9.69 Å². The second kappa shape index (κ2) is 6.17. The van der Waals surface area contributed by atoms with Crippen LogP contribution in [0.25, 0.3) is 0 Å². The first-order chi connectivity index (χ1) is 12.3. The summed E-state index contributed by atoms with van der Waals surface area (Å²) in [5, 5.41) is 14.8. The molecule has 25 heavy (non-hydrogen) atoms. The third-order valence-corrected chi connectivity index (χ3v) is 6.59. The Morgan fingerprint density at radius 1 is 1.24 bits per heavy atom. The third-order valence-electron chi connectivity index (χ3n) is 5.83. The van der Waals surface area contributed by atoms with Crippen molar-refractivity contribution in [3.63, 3.8) is 0 Å². The number of hydrogen-bond acceptors (Lipinski definition) is 6. The molecule has 2 atom stereocenters. The van der Waals surface area contributed by atoms with E-state index < -0.39 is 0 Å². The van der Waals surface area contributed by atoms with Crippen molar-refractivity contribution in [3.8, 4) is 0 Å². The number of carbonyl (C=O) groups excluding carboxylic acids is 1. The highest BCUT2D eigenvalue weighted by atomic mass is 32.1. The molecule has 1 amide bonds. The maximum absolute atomic E-state index is 12.5. The number of carbonyl (C=O) groups is 1. The zero-order valence-electron chi connectivity index (χ0n) is 14.1. The zero-order valence-corrected chi connectivity index (χ0v) is 14.9. The van der Waals surface area contributed by atoms with Gasteiger partial charge in [-0.25, -0.2) is 4.98 Å². The molecule has 0 aromatic carbocycles. The van der Waals surface area contributed by atoms with Crippen LogP contribution in [0.15, 0.2) is 11.6 Å². The summed E-state index contributed by atoms with van der Waals surface area (Å²) in [7, 11) is 0. The van der Waals surface area contributed by atoms with E-state index in [4.69, 9.17) is 0 Å². The summed E-state index contributed by atoms with van der Waals surface area (Å²) in [4.78, 5) is 19.4. The Labute approximate surface area is 150 Å². The second-order valence-corrected chi connectivity index (χ2v) is 8.48. The Morgan fingerprint density at radius 3 is 2.88 bits per heavy atom. The number of aromatic nitrogens is 4. The molecule has 0 spiro atoms. The fourth-order valence-electron chi connectivity index (χ4n) is 4.24. The molecule has 2 aromatic rings. The summed E-state index contributed by atoms with van der Waals surface area (Å²) in [6.07, 6.45) is 6.17. The number of likely N-dealkylation sites (tertiary alicyclic amines) is 1. The molecule has 132 valence electrons. The van der Waals surface area contributed by atoms with E-state index in [2.05, 4.69) is 30.0 Å². The lowest BCUT2D eigenvalue weighted by Crippen LogP contribution is -2.41. The van der Waals surface area contributed by atoms with Crippen LogP contribution >= 0.6 is 11.3 Å². The van der Waals surface area contributed by atoms with Crippen LogP contribution < -0.4 is 5.32 Å². The quantitative estimate of drug-likeness (QED) is 0.892. The maximum Gasteiger partial charge on any atom is 0.289 e. The second-order valence-electron chi connectivity index (χ2n) is 7.50. The highest BCUT2D eigenvalue weighted by molar-refractivity contribution is 7.09.